The van der Waals surface area contributed by atoms with Gasteiger partial charge in [0.25, 0.3) is 5.56 Å². The minimum Gasteiger partial charge on any atom is -0.458 e. The molecule has 0 saturated carbocycles. The molecule has 0 amide bonds. The third-order valence-corrected chi connectivity index (χ3v) is 3.49. The van der Waals surface area contributed by atoms with E-state index in [0.717, 1.165) is 9.13 Å². The van der Waals surface area contributed by atoms with Gasteiger partial charge in [-0.15, -0.1) is 0 Å². The molecule has 1 aromatic rings. The first-order chi connectivity index (χ1) is 11.4. The van der Waals surface area contributed by atoms with E-state index in [9.17, 15) is 19.6 Å². The van der Waals surface area contributed by atoms with Crippen LogP contribution >= 0.6 is 0 Å². The quantitative estimate of drug-likeness (QED) is 0.798. The molecule has 138 valence electrons. The lowest BCUT2D eigenvalue weighted by Crippen LogP contribution is -2.43. The Bertz CT molecular complexity index is 806. The fourth-order valence-corrected chi connectivity index (χ4v) is 2.34. The smallest absolute Gasteiger partial charge is 0.332 e. The molecule has 0 fully saturated rings. The fraction of sp³-hybridized carbons (Fsp3) is 0.647. The molecule has 8 heteroatoms. The van der Waals surface area contributed by atoms with E-state index in [1.54, 1.807) is 20.8 Å². The van der Waals surface area contributed by atoms with Crippen molar-refractivity contribution in [1.29, 1.82) is 5.26 Å². The predicted octanol–water partition coefficient (Wildman–Crippen LogP) is 1.12. The number of carbonyl (C=O) groups is 1. The zero-order chi connectivity index (χ0) is 19.5. The number of nitriles is 1. The summed E-state index contributed by atoms with van der Waals surface area (Å²) >= 11 is 0. The van der Waals surface area contributed by atoms with Crippen molar-refractivity contribution in [3.63, 3.8) is 0 Å². The van der Waals surface area contributed by atoms with Gasteiger partial charge in [-0.05, 0) is 33.1 Å². The van der Waals surface area contributed by atoms with Crippen LogP contribution in [0, 0.1) is 17.2 Å². The van der Waals surface area contributed by atoms with Gasteiger partial charge in [0.1, 0.15) is 23.5 Å². The second-order valence-corrected chi connectivity index (χ2v) is 7.40. The summed E-state index contributed by atoms with van der Waals surface area (Å²) in [7, 11) is 2.74. The van der Waals surface area contributed by atoms with Crippen LogP contribution in [0.3, 0.4) is 0 Å². The van der Waals surface area contributed by atoms with Crippen LogP contribution in [0.5, 0.6) is 0 Å². The SMILES string of the molecule is CC(C)C[C@@H](Nc1c(C#N)c(=O)n(C)c(=O)n1C)C(=O)OC(C)(C)C. The van der Waals surface area contributed by atoms with Crippen LogP contribution in [-0.4, -0.2) is 26.7 Å². The number of nitrogens with zero attached hydrogens (tertiary/aromatic N) is 3. The molecule has 0 bridgehead atoms. The predicted molar refractivity (Wildman–Crippen MR) is 94.3 cm³/mol. The molecule has 0 aromatic carbocycles. The Morgan fingerprint density at radius 1 is 1.24 bits per heavy atom. The van der Waals surface area contributed by atoms with Gasteiger partial charge in [0.2, 0.25) is 0 Å². The first-order valence-corrected chi connectivity index (χ1v) is 8.08. The molecule has 0 radical (unpaired) electrons. The van der Waals surface area contributed by atoms with E-state index in [0.29, 0.717) is 6.42 Å². The van der Waals surface area contributed by atoms with Crippen LogP contribution in [0.15, 0.2) is 9.59 Å². The molecule has 0 spiro atoms. The van der Waals surface area contributed by atoms with Crippen LogP contribution in [0.25, 0.3) is 0 Å². The molecule has 1 heterocycles. The highest BCUT2D eigenvalue weighted by Crippen LogP contribution is 2.17. The van der Waals surface area contributed by atoms with E-state index in [2.05, 4.69) is 5.32 Å². The van der Waals surface area contributed by atoms with Gasteiger partial charge < -0.3 is 10.1 Å². The van der Waals surface area contributed by atoms with Crippen molar-refractivity contribution in [2.45, 2.75) is 52.7 Å². The highest BCUT2D eigenvalue weighted by atomic mass is 16.6. The average Bonchev–Trinajstić information content (AvgIpc) is 2.47. The summed E-state index contributed by atoms with van der Waals surface area (Å²) < 4.78 is 7.42. The Balaban J connectivity index is 3.39. The molecule has 1 rings (SSSR count). The van der Waals surface area contributed by atoms with E-state index in [4.69, 9.17) is 4.74 Å². The zero-order valence-electron chi connectivity index (χ0n) is 15.8. The van der Waals surface area contributed by atoms with Gasteiger partial charge in [-0.1, -0.05) is 13.8 Å². The molecule has 1 atom stereocenters. The molecule has 0 aliphatic heterocycles. The minimum atomic E-state index is -0.788. The number of rotatable bonds is 5. The lowest BCUT2D eigenvalue weighted by molar-refractivity contribution is -0.156. The highest BCUT2D eigenvalue weighted by Gasteiger charge is 2.28. The summed E-state index contributed by atoms with van der Waals surface area (Å²) in [6.45, 7) is 9.14. The lowest BCUT2D eigenvalue weighted by atomic mass is 10.0. The molecule has 0 unspecified atom stereocenters. The summed E-state index contributed by atoms with van der Waals surface area (Å²) in [6.07, 6.45) is 0.420. The minimum absolute atomic E-state index is 0.0205. The fourth-order valence-electron chi connectivity index (χ4n) is 2.34. The Morgan fingerprint density at radius 2 is 1.80 bits per heavy atom. The Labute approximate surface area is 147 Å². The van der Waals surface area contributed by atoms with Crippen LogP contribution < -0.4 is 16.6 Å². The van der Waals surface area contributed by atoms with Gasteiger partial charge in [-0.2, -0.15) is 5.26 Å². The van der Waals surface area contributed by atoms with Crippen LogP contribution in [0.2, 0.25) is 0 Å². The average molecular weight is 350 g/mol. The van der Waals surface area contributed by atoms with E-state index in [1.807, 2.05) is 19.9 Å². The van der Waals surface area contributed by atoms with Gasteiger partial charge >= 0.3 is 11.7 Å². The second kappa shape index (κ2) is 7.55. The topological polar surface area (TPSA) is 106 Å². The number of hydrogen-bond donors (Lipinski definition) is 1. The standard InChI is InChI=1S/C17H26N4O4/c1-10(2)8-12(15(23)25-17(3,4)5)19-13-11(9-18)14(22)21(7)16(24)20(13)6/h10,12,19H,8H2,1-7H3/t12-/m1/s1. The largest absolute Gasteiger partial charge is 0.458 e. The third kappa shape index (κ3) is 4.95. The maximum absolute atomic E-state index is 12.5. The molecule has 8 nitrogen and oxygen atoms in total. The molecular formula is C17H26N4O4. The maximum atomic E-state index is 12.5. The maximum Gasteiger partial charge on any atom is 0.332 e. The number of carbonyl (C=O) groups excluding carboxylic acids is 1. The Morgan fingerprint density at radius 3 is 2.24 bits per heavy atom. The third-order valence-electron chi connectivity index (χ3n) is 3.49. The van der Waals surface area contributed by atoms with Crippen LogP contribution in [-0.2, 0) is 23.6 Å². The summed E-state index contributed by atoms with van der Waals surface area (Å²) in [5.74, 6) is -0.329. The van der Waals surface area contributed by atoms with Gasteiger partial charge in [0.05, 0.1) is 0 Å². The van der Waals surface area contributed by atoms with Gasteiger partial charge in [0, 0.05) is 14.1 Å². The first kappa shape index (κ1) is 20.5. The highest BCUT2D eigenvalue weighted by molar-refractivity contribution is 5.80. The normalized spacial score (nSPS) is 12.6. The molecular weight excluding hydrogens is 324 g/mol. The number of anilines is 1. The lowest BCUT2D eigenvalue weighted by Gasteiger charge is -2.27. The van der Waals surface area contributed by atoms with Crippen molar-refractivity contribution in [1.82, 2.24) is 9.13 Å². The van der Waals surface area contributed by atoms with Gasteiger partial charge in [-0.25, -0.2) is 9.59 Å². The molecule has 1 N–H and O–H groups in total. The van der Waals surface area contributed by atoms with Gasteiger partial charge in [-0.3, -0.25) is 13.9 Å². The molecule has 25 heavy (non-hydrogen) atoms. The molecule has 0 aliphatic rings. The van der Waals surface area contributed by atoms with E-state index >= 15 is 0 Å². The Hall–Kier alpha value is -2.56. The number of nitrogens with one attached hydrogen (secondary N) is 1. The zero-order valence-corrected chi connectivity index (χ0v) is 15.8. The summed E-state index contributed by atoms with van der Waals surface area (Å²) in [6, 6.07) is 1.02. The van der Waals surface area contributed by atoms with Crippen molar-refractivity contribution < 1.29 is 9.53 Å². The van der Waals surface area contributed by atoms with E-state index in [1.165, 1.54) is 14.1 Å². The van der Waals surface area contributed by atoms with Crippen molar-refractivity contribution >= 4 is 11.8 Å². The van der Waals surface area contributed by atoms with E-state index in [-0.39, 0.29) is 17.3 Å². The first-order valence-electron chi connectivity index (χ1n) is 8.08. The summed E-state index contributed by atoms with van der Waals surface area (Å²) in [5.41, 5.74) is -2.19. The van der Waals surface area contributed by atoms with Crippen LogP contribution in [0.4, 0.5) is 5.82 Å². The second-order valence-electron chi connectivity index (χ2n) is 7.40. The number of hydrogen-bond acceptors (Lipinski definition) is 6. The summed E-state index contributed by atoms with van der Waals surface area (Å²) in [4.78, 5) is 36.8. The molecule has 0 saturated heterocycles. The van der Waals surface area contributed by atoms with Gasteiger partial charge in [0.15, 0.2) is 5.56 Å². The molecule has 0 aliphatic carbocycles. The van der Waals surface area contributed by atoms with Crippen molar-refractivity contribution in [3.8, 4) is 6.07 Å². The molecule has 1 aromatic heterocycles. The monoisotopic (exact) mass is 350 g/mol. The number of aromatic nitrogens is 2. The summed E-state index contributed by atoms with van der Waals surface area (Å²) in [5, 5.41) is 12.2. The number of esters is 1. The van der Waals surface area contributed by atoms with E-state index < -0.39 is 28.9 Å². The van der Waals surface area contributed by atoms with Crippen LogP contribution in [0.1, 0.15) is 46.6 Å². The van der Waals surface area contributed by atoms with Crippen molar-refractivity contribution in [2.75, 3.05) is 5.32 Å². The van der Waals surface area contributed by atoms with Crippen molar-refractivity contribution in [3.05, 3.63) is 26.4 Å². The Kier molecular flexibility index (Phi) is 6.19. The number of ether oxygens (including phenoxy) is 1. The van der Waals surface area contributed by atoms with Crippen molar-refractivity contribution in [2.24, 2.45) is 20.0 Å².